The molecule has 2 aliphatic rings. The van der Waals surface area contributed by atoms with Crippen molar-refractivity contribution in [3.8, 4) is 44.5 Å². The van der Waals surface area contributed by atoms with Gasteiger partial charge in [-0.15, -0.1) is 0 Å². The fourth-order valence-electron chi connectivity index (χ4n) is 6.84. The monoisotopic (exact) mass is 670 g/mol. The molecule has 0 amide bonds. The third-order valence-electron chi connectivity index (χ3n) is 9.00. The molecular formula is C44H30FeN4. The zero-order chi connectivity index (χ0) is 31.9. The number of aromatic nitrogens is 4. The van der Waals surface area contributed by atoms with E-state index in [4.69, 9.17) is 9.97 Å². The minimum absolute atomic E-state index is 0. The Morgan fingerprint density at radius 1 is 0.286 bits per heavy atom. The molecule has 0 saturated heterocycles. The predicted octanol–water partition coefficient (Wildman–Crippen LogP) is 11.3. The Morgan fingerprint density at radius 3 is 0.735 bits per heavy atom. The number of aromatic amines is 2. The average molecular weight is 671 g/mol. The van der Waals surface area contributed by atoms with Gasteiger partial charge in [0.1, 0.15) is 0 Å². The maximum Gasteiger partial charge on any atom is 0.0737 e. The number of nitrogens with one attached hydrogen (secondary N) is 2. The minimum Gasteiger partial charge on any atom is -0.354 e. The molecule has 0 aliphatic carbocycles. The van der Waals surface area contributed by atoms with Gasteiger partial charge in [-0.1, -0.05) is 121 Å². The van der Waals surface area contributed by atoms with E-state index in [1.54, 1.807) is 0 Å². The van der Waals surface area contributed by atoms with Crippen LogP contribution in [0, 0.1) is 0 Å². The molecule has 3 aromatic heterocycles. The Kier molecular flexibility index (Phi) is 7.98. The number of hydrogen-bond donors (Lipinski definition) is 2. The van der Waals surface area contributed by atoms with Gasteiger partial charge >= 0.3 is 0 Å². The van der Waals surface area contributed by atoms with Crippen molar-refractivity contribution in [3.05, 3.63) is 168 Å². The Balaban J connectivity index is 0.00000348. The molecule has 0 atom stereocenters. The second-order valence-electron chi connectivity index (χ2n) is 12.0. The topological polar surface area (TPSA) is 57.4 Å². The molecule has 0 saturated carbocycles. The maximum absolute atomic E-state index is 5.35. The Bertz CT molecular complexity index is 2180. The van der Waals surface area contributed by atoms with E-state index >= 15 is 0 Å². The molecular weight excluding hydrogens is 640 g/mol. The van der Waals surface area contributed by atoms with Gasteiger partial charge in [-0.25, -0.2) is 9.97 Å². The van der Waals surface area contributed by atoms with Gasteiger partial charge < -0.3 is 9.97 Å². The zero-order valence-electron chi connectivity index (χ0n) is 26.4. The van der Waals surface area contributed by atoms with Crippen LogP contribution in [-0.4, -0.2) is 19.9 Å². The molecule has 8 bridgehead atoms. The van der Waals surface area contributed by atoms with E-state index in [0.717, 1.165) is 89.4 Å². The molecule has 7 aromatic rings. The fourth-order valence-corrected chi connectivity index (χ4v) is 6.84. The molecule has 5 heteroatoms. The zero-order valence-corrected chi connectivity index (χ0v) is 27.5. The Morgan fingerprint density at radius 2 is 0.510 bits per heavy atom. The first-order valence-corrected chi connectivity index (χ1v) is 16.2. The summed E-state index contributed by atoms with van der Waals surface area (Å²) in [6.45, 7) is 0. The van der Waals surface area contributed by atoms with Crippen molar-refractivity contribution in [3.63, 3.8) is 0 Å². The summed E-state index contributed by atoms with van der Waals surface area (Å²) < 4.78 is 0. The van der Waals surface area contributed by atoms with Gasteiger partial charge in [-0.05, 0) is 70.8 Å². The van der Waals surface area contributed by atoms with E-state index < -0.39 is 0 Å². The maximum atomic E-state index is 5.35. The van der Waals surface area contributed by atoms with E-state index in [1.165, 1.54) is 0 Å². The first kappa shape index (κ1) is 30.3. The number of hydrogen-bond acceptors (Lipinski definition) is 2. The van der Waals surface area contributed by atoms with Gasteiger partial charge in [0.15, 0.2) is 0 Å². The van der Waals surface area contributed by atoms with Gasteiger partial charge in [-0.3, -0.25) is 0 Å². The predicted molar refractivity (Wildman–Crippen MR) is 201 cm³/mol. The average Bonchev–Trinajstić information content (AvgIpc) is 3.98. The van der Waals surface area contributed by atoms with Crippen LogP contribution in [0.5, 0.6) is 0 Å². The SMILES string of the molecule is C1=Cc2nc1c(-c1ccccc1)c1ccc([nH]1)c(-c1ccccc1)c1nc(c(-c3ccccc3)c3ccc([nH]3)c2-c2ccccc2)C=C1.[Fe]. The second kappa shape index (κ2) is 12.9. The summed E-state index contributed by atoms with van der Waals surface area (Å²) in [5.74, 6) is 0. The van der Waals surface area contributed by atoms with E-state index in [-0.39, 0.29) is 17.1 Å². The summed E-state index contributed by atoms with van der Waals surface area (Å²) in [7, 11) is 0. The molecule has 0 fully saturated rings. The van der Waals surface area contributed by atoms with Crippen LogP contribution < -0.4 is 0 Å². The van der Waals surface area contributed by atoms with Crippen LogP contribution in [0.1, 0.15) is 22.8 Å². The van der Waals surface area contributed by atoms with Crippen LogP contribution in [0.3, 0.4) is 0 Å². The number of H-pyrrole nitrogens is 2. The first-order chi connectivity index (χ1) is 23.8. The molecule has 9 rings (SSSR count). The van der Waals surface area contributed by atoms with Crippen molar-refractivity contribution in [1.29, 1.82) is 0 Å². The Labute approximate surface area is 295 Å². The largest absolute Gasteiger partial charge is 0.354 e. The molecule has 5 heterocycles. The van der Waals surface area contributed by atoms with Crippen LogP contribution >= 0.6 is 0 Å². The molecule has 234 valence electrons. The third-order valence-corrected chi connectivity index (χ3v) is 9.00. The minimum atomic E-state index is 0. The van der Waals surface area contributed by atoms with Crippen LogP contribution in [0.2, 0.25) is 0 Å². The van der Waals surface area contributed by atoms with Crippen LogP contribution in [-0.2, 0) is 17.1 Å². The van der Waals surface area contributed by atoms with Crippen LogP contribution in [0.4, 0.5) is 0 Å². The molecule has 0 spiro atoms. The van der Waals surface area contributed by atoms with Crippen LogP contribution in [0.25, 0.3) is 90.9 Å². The molecule has 49 heavy (non-hydrogen) atoms. The van der Waals surface area contributed by atoms with Gasteiger partial charge in [0, 0.05) is 61.4 Å². The summed E-state index contributed by atoms with van der Waals surface area (Å²) in [6.07, 6.45) is 8.54. The summed E-state index contributed by atoms with van der Waals surface area (Å²) in [6, 6.07) is 50.7. The Hall–Kier alpha value is -6.00. The molecule has 2 aliphatic heterocycles. The summed E-state index contributed by atoms with van der Waals surface area (Å²) >= 11 is 0. The quantitative estimate of drug-likeness (QED) is 0.183. The molecule has 4 nitrogen and oxygen atoms in total. The van der Waals surface area contributed by atoms with Gasteiger partial charge in [-0.2, -0.15) is 0 Å². The van der Waals surface area contributed by atoms with E-state index in [0.29, 0.717) is 0 Å². The third kappa shape index (κ3) is 5.55. The number of nitrogens with zero attached hydrogens (tertiary/aromatic N) is 2. The van der Waals surface area contributed by atoms with Gasteiger partial charge in [0.2, 0.25) is 0 Å². The fraction of sp³-hybridized carbons (Fsp3) is 0. The number of rotatable bonds is 4. The van der Waals surface area contributed by atoms with Gasteiger partial charge in [0.25, 0.3) is 0 Å². The first-order valence-electron chi connectivity index (χ1n) is 16.2. The van der Waals surface area contributed by atoms with Crippen molar-refractivity contribution in [2.75, 3.05) is 0 Å². The second-order valence-corrected chi connectivity index (χ2v) is 12.0. The molecule has 0 unspecified atom stereocenters. The summed E-state index contributed by atoms with van der Waals surface area (Å²) in [5, 5.41) is 0. The van der Waals surface area contributed by atoms with Crippen LogP contribution in [0.15, 0.2) is 146 Å². The summed E-state index contributed by atoms with van der Waals surface area (Å²) in [5.41, 5.74) is 16.2. The number of fused-ring (bicyclic) bond motifs is 8. The van der Waals surface area contributed by atoms with Crippen molar-refractivity contribution < 1.29 is 17.1 Å². The standard InChI is InChI=1S/C44H30N4.Fe/c1-5-13-29(14-6-1)41-33-21-23-35(45-33)42(30-15-7-2-8-16-30)37-25-27-39(47-37)44(32-19-11-4-12-20-32)40-28-26-38(48-40)43(31-17-9-3-10-18-31)36-24-22-34(41)46-36;/h1-28,45,48H;. The van der Waals surface area contributed by atoms with E-state index in [1.807, 2.05) is 24.3 Å². The molecule has 0 radical (unpaired) electrons. The van der Waals surface area contributed by atoms with Crippen molar-refractivity contribution >= 4 is 46.4 Å². The molecule has 2 N–H and O–H groups in total. The van der Waals surface area contributed by atoms with Crippen molar-refractivity contribution in [1.82, 2.24) is 19.9 Å². The van der Waals surface area contributed by atoms with Crippen molar-refractivity contribution in [2.24, 2.45) is 0 Å². The van der Waals surface area contributed by atoms with E-state index in [2.05, 4.69) is 156 Å². The van der Waals surface area contributed by atoms with Crippen molar-refractivity contribution in [2.45, 2.75) is 0 Å². The number of benzene rings is 4. The van der Waals surface area contributed by atoms with E-state index in [9.17, 15) is 0 Å². The smallest absolute Gasteiger partial charge is 0.0737 e. The van der Waals surface area contributed by atoms with Gasteiger partial charge in [0.05, 0.1) is 22.8 Å². The normalized spacial score (nSPS) is 11.8. The summed E-state index contributed by atoms with van der Waals surface area (Å²) in [4.78, 5) is 18.3. The molecule has 4 aromatic carbocycles.